The molecule has 0 radical (unpaired) electrons. The van der Waals surface area contributed by atoms with Crippen LogP contribution >= 0.6 is 0 Å². The number of carboxylic acids is 1. The Morgan fingerprint density at radius 3 is 3.00 bits per heavy atom. The van der Waals surface area contributed by atoms with Gasteiger partial charge in [-0.15, -0.1) is 0 Å². The van der Waals surface area contributed by atoms with Gasteiger partial charge in [0.15, 0.2) is 0 Å². The molecule has 0 unspecified atom stereocenters. The molecular weight excluding hydrogens is 248 g/mol. The number of aliphatic carboxylic acids is 1. The van der Waals surface area contributed by atoms with Gasteiger partial charge in [0.05, 0.1) is 5.52 Å². The second-order valence-electron chi connectivity index (χ2n) is 4.13. The molecule has 3 rings (SSSR count). The van der Waals surface area contributed by atoms with E-state index in [0.717, 1.165) is 16.5 Å². The molecule has 1 aromatic carbocycles. The first kappa shape index (κ1) is 11.4. The van der Waals surface area contributed by atoms with Crippen molar-refractivity contribution in [2.24, 2.45) is 0 Å². The Kier molecular flexibility index (Phi) is 2.52. The van der Waals surface area contributed by atoms with Crippen LogP contribution in [0.25, 0.3) is 22.3 Å². The highest BCUT2D eigenvalue weighted by Gasteiger charge is 2.09. The second-order valence-corrected chi connectivity index (χ2v) is 4.13. The molecule has 0 fully saturated rings. The minimum Gasteiger partial charge on any atom is -0.480 e. The van der Waals surface area contributed by atoms with Crippen molar-refractivity contribution >= 4 is 16.9 Å². The Hall–Kier alpha value is -2.70. The van der Waals surface area contributed by atoms with Crippen LogP contribution in [0.4, 0.5) is 0 Å². The Labute approximate surface area is 107 Å². The lowest BCUT2D eigenvalue weighted by atomic mass is 10.1. The van der Waals surface area contributed by atoms with Gasteiger partial charge in [0.25, 0.3) is 0 Å². The van der Waals surface area contributed by atoms with Crippen molar-refractivity contribution in [2.45, 2.75) is 13.5 Å². The number of fused-ring (bicyclic) bond motifs is 1. The molecule has 0 aliphatic rings. The van der Waals surface area contributed by atoms with Crippen molar-refractivity contribution in [3.8, 4) is 11.4 Å². The predicted molar refractivity (Wildman–Crippen MR) is 65.4 cm³/mol. The average Bonchev–Trinajstić information content (AvgIpc) is 2.92. The van der Waals surface area contributed by atoms with Gasteiger partial charge in [-0.05, 0) is 18.2 Å². The Balaban J connectivity index is 2.03. The summed E-state index contributed by atoms with van der Waals surface area (Å²) in [4.78, 5) is 14.8. The zero-order chi connectivity index (χ0) is 13.4. The Morgan fingerprint density at radius 2 is 2.32 bits per heavy atom. The van der Waals surface area contributed by atoms with Crippen molar-refractivity contribution in [3.05, 3.63) is 30.3 Å². The molecule has 0 atom stereocenters. The van der Waals surface area contributed by atoms with Crippen LogP contribution in [-0.4, -0.2) is 31.0 Å². The van der Waals surface area contributed by atoms with E-state index >= 15 is 0 Å². The molecule has 7 nitrogen and oxygen atoms in total. The number of hydrogen-bond donors (Lipinski definition) is 1. The van der Waals surface area contributed by atoms with Crippen LogP contribution in [0.5, 0.6) is 0 Å². The predicted octanol–water partition coefficient (Wildman–Crippen LogP) is 1.48. The van der Waals surface area contributed by atoms with E-state index in [1.165, 1.54) is 4.68 Å². The summed E-state index contributed by atoms with van der Waals surface area (Å²) in [5, 5.41) is 17.6. The monoisotopic (exact) mass is 258 g/mol. The fourth-order valence-corrected chi connectivity index (χ4v) is 1.85. The summed E-state index contributed by atoms with van der Waals surface area (Å²) >= 11 is 0. The van der Waals surface area contributed by atoms with Crippen LogP contribution in [0.15, 0.2) is 28.9 Å². The third-order valence-electron chi connectivity index (χ3n) is 2.63. The number of nitrogens with zero attached hydrogens (tertiary/aromatic N) is 4. The van der Waals surface area contributed by atoms with Crippen LogP contribution in [0.1, 0.15) is 5.89 Å². The molecule has 2 aromatic heterocycles. The molecule has 0 aliphatic heterocycles. The van der Waals surface area contributed by atoms with E-state index in [1.54, 1.807) is 19.2 Å². The molecule has 7 heteroatoms. The van der Waals surface area contributed by atoms with Gasteiger partial charge in [0.2, 0.25) is 11.7 Å². The fraction of sp³-hybridized carbons (Fsp3) is 0.167. The van der Waals surface area contributed by atoms with Crippen molar-refractivity contribution < 1.29 is 14.4 Å². The summed E-state index contributed by atoms with van der Waals surface area (Å²) in [7, 11) is 0. The largest absolute Gasteiger partial charge is 0.480 e. The molecule has 2 heterocycles. The van der Waals surface area contributed by atoms with E-state index in [-0.39, 0.29) is 6.54 Å². The summed E-state index contributed by atoms with van der Waals surface area (Å²) < 4.78 is 6.32. The van der Waals surface area contributed by atoms with Crippen molar-refractivity contribution in [2.75, 3.05) is 0 Å². The van der Waals surface area contributed by atoms with Crippen molar-refractivity contribution in [1.82, 2.24) is 19.9 Å². The van der Waals surface area contributed by atoms with E-state index in [1.807, 2.05) is 12.1 Å². The van der Waals surface area contributed by atoms with Crippen molar-refractivity contribution in [3.63, 3.8) is 0 Å². The first-order valence-corrected chi connectivity index (χ1v) is 5.61. The molecule has 0 spiro atoms. The van der Waals surface area contributed by atoms with Crippen LogP contribution in [0.3, 0.4) is 0 Å². The maximum Gasteiger partial charge on any atom is 0.325 e. The van der Waals surface area contributed by atoms with E-state index in [2.05, 4.69) is 15.2 Å². The maximum atomic E-state index is 10.6. The Bertz CT molecular complexity index is 759. The molecule has 0 saturated heterocycles. The standard InChI is InChI=1S/C12H10N4O3/c1-7-13-12(15-19-7)8-2-3-10-9(4-8)5-16(14-10)6-11(17)18/h2-5H,6H2,1H3,(H,17,18). The first-order chi connectivity index (χ1) is 9.11. The van der Waals surface area contributed by atoms with Gasteiger partial charge in [-0.1, -0.05) is 5.16 Å². The number of carbonyl (C=O) groups is 1. The zero-order valence-electron chi connectivity index (χ0n) is 10.1. The number of rotatable bonds is 3. The van der Waals surface area contributed by atoms with Gasteiger partial charge in [-0.3, -0.25) is 9.48 Å². The van der Waals surface area contributed by atoms with Crippen LogP contribution in [0, 0.1) is 6.92 Å². The number of benzene rings is 1. The minimum atomic E-state index is -0.929. The van der Waals surface area contributed by atoms with Gasteiger partial charge in [0.1, 0.15) is 6.54 Å². The zero-order valence-corrected chi connectivity index (χ0v) is 10.1. The van der Waals surface area contributed by atoms with E-state index < -0.39 is 5.97 Å². The van der Waals surface area contributed by atoms with Crippen LogP contribution < -0.4 is 0 Å². The molecule has 3 aromatic rings. The van der Waals surface area contributed by atoms with E-state index in [0.29, 0.717) is 11.7 Å². The molecule has 0 bridgehead atoms. The van der Waals surface area contributed by atoms with Gasteiger partial charge >= 0.3 is 5.97 Å². The van der Waals surface area contributed by atoms with Gasteiger partial charge in [-0.25, -0.2) is 0 Å². The number of aromatic nitrogens is 4. The summed E-state index contributed by atoms with van der Waals surface area (Å²) in [6.45, 7) is 1.56. The van der Waals surface area contributed by atoms with Crippen molar-refractivity contribution in [1.29, 1.82) is 0 Å². The highest BCUT2D eigenvalue weighted by molar-refractivity contribution is 5.83. The lowest BCUT2D eigenvalue weighted by molar-refractivity contribution is -0.137. The van der Waals surface area contributed by atoms with Gasteiger partial charge < -0.3 is 9.63 Å². The summed E-state index contributed by atoms with van der Waals surface area (Å²) in [6.07, 6.45) is 1.68. The van der Waals surface area contributed by atoms with Gasteiger partial charge in [0, 0.05) is 24.1 Å². The molecular formula is C12H10N4O3. The topological polar surface area (TPSA) is 94.0 Å². The number of aryl methyl sites for hydroxylation is 1. The third kappa shape index (κ3) is 2.17. The molecule has 19 heavy (non-hydrogen) atoms. The third-order valence-corrected chi connectivity index (χ3v) is 2.63. The molecule has 0 amide bonds. The first-order valence-electron chi connectivity index (χ1n) is 5.61. The SMILES string of the molecule is Cc1nc(-c2ccc3nn(CC(=O)O)cc3c2)no1. The molecule has 1 N–H and O–H groups in total. The molecule has 0 saturated carbocycles. The normalized spacial score (nSPS) is 11.0. The fourth-order valence-electron chi connectivity index (χ4n) is 1.85. The quantitative estimate of drug-likeness (QED) is 0.764. The second kappa shape index (κ2) is 4.20. The minimum absolute atomic E-state index is 0.161. The summed E-state index contributed by atoms with van der Waals surface area (Å²) in [5.74, 6) is 0.0730. The van der Waals surface area contributed by atoms with Gasteiger partial charge in [-0.2, -0.15) is 10.1 Å². The average molecular weight is 258 g/mol. The Morgan fingerprint density at radius 1 is 1.47 bits per heavy atom. The lowest BCUT2D eigenvalue weighted by Crippen LogP contribution is -2.08. The molecule has 96 valence electrons. The summed E-state index contributed by atoms with van der Waals surface area (Å²) in [5.41, 5.74) is 1.53. The maximum absolute atomic E-state index is 10.6. The van der Waals surface area contributed by atoms with Crippen LogP contribution in [-0.2, 0) is 11.3 Å². The van der Waals surface area contributed by atoms with E-state index in [4.69, 9.17) is 9.63 Å². The summed E-state index contributed by atoms with van der Waals surface area (Å²) in [6, 6.07) is 5.48. The smallest absolute Gasteiger partial charge is 0.325 e. The number of carboxylic acid groups (broad SMARTS) is 1. The highest BCUT2D eigenvalue weighted by Crippen LogP contribution is 2.21. The molecule has 0 aliphatic carbocycles. The van der Waals surface area contributed by atoms with Crippen LogP contribution in [0.2, 0.25) is 0 Å². The number of hydrogen-bond acceptors (Lipinski definition) is 5. The van der Waals surface area contributed by atoms with E-state index in [9.17, 15) is 4.79 Å². The lowest BCUT2D eigenvalue weighted by Gasteiger charge is -1.92. The highest BCUT2D eigenvalue weighted by atomic mass is 16.5.